The highest BCUT2D eigenvalue weighted by Gasteiger charge is 2.28. The van der Waals surface area contributed by atoms with Gasteiger partial charge in [0.2, 0.25) is 6.79 Å². The van der Waals surface area contributed by atoms with Crippen molar-refractivity contribution in [3.05, 3.63) is 23.8 Å². The summed E-state index contributed by atoms with van der Waals surface area (Å²) in [7, 11) is 0. The molecule has 3 heterocycles. The van der Waals surface area contributed by atoms with Crippen LogP contribution in [0, 0.1) is 0 Å². The maximum atomic E-state index is 12.4. The van der Waals surface area contributed by atoms with E-state index in [1.807, 2.05) is 23.1 Å². The van der Waals surface area contributed by atoms with Gasteiger partial charge in [0.25, 0.3) is 0 Å². The number of carbonyl (C=O) groups is 1. The van der Waals surface area contributed by atoms with Crippen LogP contribution in [0.1, 0.15) is 31.2 Å². The lowest BCUT2D eigenvalue weighted by Crippen LogP contribution is -2.48. The Balaban J connectivity index is 1.27. The third-order valence-electron chi connectivity index (χ3n) is 5.32. The molecule has 1 aromatic carbocycles. The van der Waals surface area contributed by atoms with Crippen molar-refractivity contribution in [2.75, 3.05) is 33.0 Å². The van der Waals surface area contributed by atoms with Crippen molar-refractivity contribution in [3.63, 3.8) is 0 Å². The Morgan fingerprint density at radius 2 is 1.92 bits per heavy atom. The molecule has 0 aliphatic carbocycles. The Bertz CT molecular complexity index is 593. The first kappa shape index (κ1) is 15.6. The van der Waals surface area contributed by atoms with Gasteiger partial charge in [-0.1, -0.05) is 12.1 Å². The second kappa shape index (κ2) is 6.89. The molecule has 2 fully saturated rings. The van der Waals surface area contributed by atoms with Crippen LogP contribution in [-0.2, 0) is 6.54 Å². The van der Waals surface area contributed by atoms with Crippen LogP contribution in [0.15, 0.2) is 18.2 Å². The van der Waals surface area contributed by atoms with E-state index in [9.17, 15) is 4.79 Å². The first-order valence-electron chi connectivity index (χ1n) is 8.95. The van der Waals surface area contributed by atoms with Gasteiger partial charge < -0.3 is 24.6 Å². The number of hydrogen-bond acceptors (Lipinski definition) is 4. The van der Waals surface area contributed by atoms with Crippen molar-refractivity contribution in [3.8, 4) is 11.5 Å². The van der Waals surface area contributed by atoms with Gasteiger partial charge in [-0.05, 0) is 44.8 Å². The molecule has 0 atom stereocenters. The highest BCUT2D eigenvalue weighted by molar-refractivity contribution is 5.74. The van der Waals surface area contributed by atoms with Crippen LogP contribution in [0.25, 0.3) is 0 Å². The number of nitrogens with one attached hydrogen (secondary N) is 1. The van der Waals surface area contributed by atoms with Crippen LogP contribution in [0.5, 0.6) is 11.5 Å². The Kier molecular flexibility index (Phi) is 4.47. The number of nitrogens with zero attached hydrogens (tertiary/aromatic N) is 2. The maximum Gasteiger partial charge on any atom is 0.317 e. The zero-order valence-electron chi connectivity index (χ0n) is 14.0. The number of piperidine rings is 1. The number of rotatable bonds is 3. The van der Waals surface area contributed by atoms with Crippen LogP contribution in [0.3, 0.4) is 0 Å². The minimum Gasteiger partial charge on any atom is -0.454 e. The van der Waals surface area contributed by atoms with Gasteiger partial charge in [-0.25, -0.2) is 4.79 Å². The van der Waals surface area contributed by atoms with E-state index >= 15 is 0 Å². The standard InChI is InChI=1S/C18H25N3O3/c22-18(19-12-14-4-3-5-16-17(14)24-13-23-16)21-10-6-15(7-11-21)20-8-1-2-9-20/h3-5,15H,1-2,6-13H2,(H,19,22). The first-order chi connectivity index (χ1) is 11.8. The van der Waals surface area contributed by atoms with Crippen molar-refractivity contribution in [1.82, 2.24) is 15.1 Å². The zero-order chi connectivity index (χ0) is 16.4. The van der Waals surface area contributed by atoms with Gasteiger partial charge in [-0.2, -0.15) is 0 Å². The normalized spacial score (nSPS) is 21.2. The van der Waals surface area contributed by atoms with Crippen molar-refractivity contribution in [2.24, 2.45) is 0 Å². The highest BCUT2D eigenvalue weighted by atomic mass is 16.7. The van der Waals surface area contributed by atoms with E-state index in [0.29, 0.717) is 12.6 Å². The highest BCUT2D eigenvalue weighted by Crippen LogP contribution is 2.35. The number of amides is 2. The van der Waals surface area contributed by atoms with Crippen molar-refractivity contribution in [1.29, 1.82) is 0 Å². The van der Waals surface area contributed by atoms with E-state index in [1.54, 1.807) is 0 Å². The van der Waals surface area contributed by atoms with Gasteiger partial charge in [0, 0.05) is 31.2 Å². The smallest absolute Gasteiger partial charge is 0.317 e. The summed E-state index contributed by atoms with van der Waals surface area (Å²) in [6.45, 7) is 4.89. The fraction of sp³-hybridized carbons (Fsp3) is 0.611. The number of para-hydroxylation sites is 1. The van der Waals surface area contributed by atoms with Gasteiger partial charge in [-0.15, -0.1) is 0 Å². The van der Waals surface area contributed by atoms with E-state index in [1.165, 1.54) is 25.9 Å². The summed E-state index contributed by atoms with van der Waals surface area (Å²) in [4.78, 5) is 17.0. The Morgan fingerprint density at radius 1 is 1.12 bits per heavy atom. The second-order valence-corrected chi connectivity index (χ2v) is 6.77. The average molecular weight is 331 g/mol. The molecule has 2 amide bonds. The molecule has 0 aromatic heterocycles. The van der Waals surface area contributed by atoms with Gasteiger partial charge in [0.1, 0.15) is 0 Å². The molecule has 6 heteroatoms. The lowest BCUT2D eigenvalue weighted by atomic mass is 10.0. The topological polar surface area (TPSA) is 54.0 Å². The predicted octanol–water partition coefficient (Wildman–Crippen LogP) is 2.19. The lowest BCUT2D eigenvalue weighted by molar-refractivity contribution is 0.134. The molecular formula is C18H25N3O3. The molecule has 4 rings (SSSR count). The fourth-order valence-corrected chi connectivity index (χ4v) is 3.95. The Morgan fingerprint density at radius 3 is 2.71 bits per heavy atom. The SMILES string of the molecule is O=C(NCc1cccc2c1OCO2)N1CCC(N2CCCC2)CC1. The molecule has 0 bridgehead atoms. The van der Waals surface area contributed by atoms with Crippen molar-refractivity contribution < 1.29 is 14.3 Å². The quantitative estimate of drug-likeness (QED) is 0.922. The van der Waals surface area contributed by atoms with Gasteiger partial charge >= 0.3 is 6.03 Å². The molecule has 3 aliphatic rings. The van der Waals surface area contributed by atoms with Crippen LogP contribution in [0.2, 0.25) is 0 Å². The predicted molar refractivity (Wildman–Crippen MR) is 90.2 cm³/mol. The molecule has 6 nitrogen and oxygen atoms in total. The summed E-state index contributed by atoms with van der Waals surface area (Å²) in [5.41, 5.74) is 0.963. The number of benzene rings is 1. The minimum absolute atomic E-state index is 0.0198. The third kappa shape index (κ3) is 3.15. The van der Waals surface area contributed by atoms with Crippen LogP contribution in [0.4, 0.5) is 4.79 Å². The summed E-state index contributed by atoms with van der Waals surface area (Å²) in [5.74, 6) is 1.51. The Labute approximate surface area is 142 Å². The number of hydrogen-bond donors (Lipinski definition) is 1. The second-order valence-electron chi connectivity index (χ2n) is 6.77. The maximum absolute atomic E-state index is 12.4. The molecule has 0 saturated carbocycles. The third-order valence-corrected chi connectivity index (χ3v) is 5.32. The van der Waals surface area contributed by atoms with Crippen LogP contribution in [-0.4, -0.2) is 54.8 Å². The van der Waals surface area contributed by atoms with Crippen molar-refractivity contribution >= 4 is 6.03 Å². The zero-order valence-corrected chi connectivity index (χ0v) is 14.0. The molecule has 0 unspecified atom stereocenters. The number of carbonyl (C=O) groups excluding carboxylic acids is 1. The molecule has 0 spiro atoms. The van der Waals surface area contributed by atoms with Gasteiger partial charge in [0.05, 0.1) is 0 Å². The van der Waals surface area contributed by atoms with E-state index < -0.39 is 0 Å². The van der Waals surface area contributed by atoms with Crippen molar-refractivity contribution in [2.45, 2.75) is 38.3 Å². The number of ether oxygens (including phenoxy) is 2. The summed E-state index contributed by atoms with van der Waals surface area (Å²) < 4.78 is 10.9. The number of likely N-dealkylation sites (tertiary alicyclic amines) is 2. The molecular weight excluding hydrogens is 306 g/mol. The number of fused-ring (bicyclic) bond motifs is 1. The fourth-order valence-electron chi connectivity index (χ4n) is 3.95. The van der Waals surface area contributed by atoms with Crippen LogP contribution >= 0.6 is 0 Å². The first-order valence-corrected chi connectivity index (χ1v) is 8.95. The molecule has 1 aromatic rings. The average Bonchev–Trinajstić information content (AvgIpc) is 3.31. The van der Waals surface area contributed by atoms with Gasteiger partial charge in [-0.3, -0.25) is 0 Å². The van der Waals surface area contributed by atoms with E-state index in [4.69, 9.17) is 9.47 Å². The number of urea groups is 1. The summed E-state index contributed by atoms with van der Waals surface area (Å²) in [5, 5.41) is 3.02. The lowest BCUT2D eigenvalue weighted by Gasteiger charge is -2.36. The van der Waals surface area contributed by atoms with Crippen LogP contribution < -0.4 is 14.8 Å². The summed E-state index contributed by atoms with van der Waals surface area (Å²) in [6, 6.07) is 6.46. The summed E-state index contributed by atoms with van der Waals surface area (Å²) >= 11 is 0. The molecule has 3 aliphatic heterocycles. The summed E-state index contributed by atoms with van der Waals surface area (Å²) in [6.07, 6.45) is 4.83. The molecule has 2 saturated heterocycles. The minimum atomic E-state index is 0.0198. The van der Waals surface area contributed by atoms with E-state index in [0.717, 1.165) is 43.0 Å². The molecule has 130 valence electrons. The molecule has 0 radical (unpaired) electrons. The molecule has 1 N–H and O–H groups in total. The molecule has 24 heavy (non-hydrogen) atoms. The largest absolute Gasteiger partial charge is 0.454 e. The monoisotopic (exact) mass is 331 g/mol. The van der Waals surface area contributed by atoms with E-state index in [2.05, 4.69) is 10.2 Å². The van der Waals surface area contributed by atoms with E-state index in [-0.39, 0.29) is 12.8 Å². The Hall–Kier alpha value is -1.95. The van der Waals surface area contributed by atoms with Gasteiger partial charge in [0.15, 0.2) is 11.5 Å².